The first-order chi connectivity index (χ1) is 9.81. The van der Waals surface area contributed by atoms with Crippen LogP contribution in [0.4, 0.5) is 23.4 Å². The van der Waals surface area contributed by atoms with E-state index in [4.69, 9.17) is 5.73 Å². The van der Waals surface area contributed by atoms with Crippen molar-refractivity contribution < 1.29 is 17.6 Å². The zero-order valence-corrected chi connectivity index (χ0v) is 11.2. The fourth-order valence-electron chi connectivity index (χ4n) is 1.91. The Bertz CT molecular complexity index is 653. The summed E-state index contributed by atoms with van der Waals surface area (Å²) in [5.74, 6) is -0.661. The fraction of sp³-hybridized carbons (Fsp3) is 0.286. The zero-order chi connectivity index (χ0) is 15.6. The van der Waals surface area contributed by atoms with Crippen molar-refractivity contribution >= 4 is 5.82 Å². The van der Waals surface area contributed by atoms with Gasteiger partial charge in [-0.05, 0) is 18.6 Å². The van der Waals surface area contributed by atoms with Gasteiger partial charge in [-0.3, -0.25) is 0 Å². The second kappa shape index (κ2) is 5.67. The van der Waals surface area contributed by atoms with Crippen LogP contribution in [0.1, 0.15) is 24.7 Å². The highest BCUT2D eigenvalue weighted by molar-refractivity contribution is 5.62. The minimum absolute atomic E-state index is 0.198. The highest BCUT2D eigenvalue weighted by Crippen LogP contribution is 2.33. The number of hydrogen-bond donors (Lipinski definition) is 1. The molecule has 2 rings (SSSR count). The van der Waals surface area contributed by atoms with Crippen LogP contribution in [-0.2, 0) is 12.6 Å². The molecular weight excluding hydrogens is 286 g/mol. The molecule has 0 radical (unpaired) electrons. The molecule has 0 fully saturated rings. The summed E-state index contributed by atoms with van der Waals surface area (Å²) >= 11 is 0. The van der Waals surface area contributed by atoms with Crippen LogP contribution in [0, 0.1) is 5.82 Å². The number of alkyl halides is 3. The Hall–Kier alpha value is -2.18. The molecule has 2 N–H and O–H groups in total. The Labute approximate surface area is 118 Å². The maximum Gasteiger partial charge on any atom is 0.419 e. The SMILES string of the molecule is CCCc1nc(N)cc(-c2ccc(C(F)(F)F)c(F)c2)n1. The second-order valence-electron chi connectivity index (χ2n) is 4.54. The van der Waals surface area contributed by atoms with Gasteiger partial charge in [-0.2, -0.15) is 13.2 Å². The Morgan fingerprint density at radius 3 is 2.43 bits per heavy atom. The number of anilines is 1. The lowest BCUT2D eigenvalue weighted by molar-refractivity contribution is -0.139. The summed E-state index contributed by atoms with van der Waals surface area (Å²) in [6.45, 7) is 1.93. The normalized spacial score (nSPS) is 11.7. The molecule has 0 aliphatic carbocycles. The largest absolute Gasteiger partial charge is 0.419 e. The number of nitrogens with two attached hydrogens (primary N) is 1. The zero-order valence-electron chi connectivity index (χ0n) is 11.2. The third-order valence-corrected chi connectivity index (χ3v) is 2.84. The second-order valence-corrected chi connectivity index (χ2v) is 4.54. The topological polar surface area (TPSA) is 51.8 Å². The molecule has 112 valence electrons. The standard InChI is InChI=1S/C14H13F4N3/c1-2-3-13-20-11(7-12(19)21-13)8-4-5-9(10(15)6-8)14(16,17)18/h4-7H,2-3H2,1H3,(H2,19,20,21). The van der Waals surface area contributed by atoms with E-state index in [9.17, 15) is 17.6 Å². The Morgan fingerprint density at radius 2 is 1.86 bits per heavy atom. The van der Waals surface area contributed by atoms with Crippen LogP contribution in [-0.4, -0.2) is 9.97 Å². The van der Waals surface area contributed by atoms with E-state index in [0.717, 1.165) is 12.5 Å². The van der Waals surface area contributed by atoms with Gasteiger partial charge in [0.1, 0.15) is 17.5 Å². The molecule has 2 aromatic rings. The molecule has 7 heteroatoms. The third-order valence-electron chi connectivity index (χ3n) is 2.84. The summed E-state index contributed by atoms with van der Waals surface area (Å²) in [6.07, 6.45) is -3.34. The first-order valence-corrected chi connectivity index (χ1v) is 6.32. The molecule has 0 atom stereocenters. The lowest BCUT2D eigenvalue weighted by Gasteiger charge is -2.10. The van der Waals surface area contributed by atoms with Crippen LogP contribution in [0.3, 0.4) is 0 Å². The van der Waals surface area contributed by atoms with Crippen molar-refractivity contribution in [3.63, 3.8) is 0 Å². The number of rotatable bonds is 3. The van der Waals surface area contributed by atoms with E-state index < -0.39 is 17.6 Å². The van der Waals surface area contributed by atoms with Crippen LogP contribution >= 0.6 is 0 Å². The monoisotopic (exact) mass is 299 g/mol. The molecule has 0 bridgehead atoms. The number of nitrogens with zero attached hydrogens (tertiary/aromatic N) is 2. The van der Waals surface area contributed by atoms with Gasteiger partial charge in [0, 0.05) is 18.1 Å². The van der Waals surface area contributed by atoms with Crippen molar-refractivity contribution in [3.8, 4) is 11.3 Å². The summed E-state index contributed by atoms with van der Waals surface area (Å²) in [6, 6.07) is 4.08. The first kappa shape index (κ1) is 15.2. The van der Waals surface area contributed by atoms with E-state index in [1.165, 1.54) is 12.1 Å². The minimum Gasteiger partial charge on any atom is -0.384 e. The molecule has 0 amide bonds. The highest BCUT2D eigenvalue weighted by atomic mass is 19.4. The van der Waals surface area contributed by atoms with Crippen LogP contribution in [0.25, 0.3) is 11.3 Å². The van der Waals surface area contributed by atoms with Gasteiger partial charge in [-0.15, -0.1) is 0 Å². The van der Waals surface area contributed by atoms with Gasteiger partial charge < -0.3 is 5.73 Å². The van der Waals surface area contributed by atoms with E-state index in [1.807, 2.05) is 6.92 Å². The van der Waals surface area contributed by atoms with E-state index in [2.05, 4.69) is 9.97 Å². The lowest BCUT2D eigenvalue weighted by Crippen LogP contribution is -2.08. The molecule has 3 nitrogen and oxygen atoms in total. The van der Waals surface area contributed by atoms with Crippen LogP contribution in [0.2, 0.25) is 0 Å². The van der Waals surface area contributed by atoms with Gasteiger partial charge in [0.2, 0.25) is 0 Å². The quantitative estimate of drug-likeness (QED) is 0.876. The molecule has 1 aromatic carbocycles. The van der Waals surface area contributed by atoms with Gasteiger partial charge in [-0.25, -0.2) is 14.4 Å². The summed E-state index contributed by atoms with van der Waals surface area (Å²) in [5, 5.41) is 0. The number of halogens is 4. The highest BCUT2D eigenvalue weighted by Gasteiger charge is 2.34. The van der Waals surface area contributed by atoms with Gasteiger partial charge in [0.05, 0.1) is 11.3 Å². The van der Waals surface area contributed by atoms with Crippen molar-refractivity contribution in [1.29, 1.82) is 0 Å². The number of aryl methyl sites for hydroxylation is 1. The van der Waals surface area contributed by atoms with Crippen molar-refractivity contribution in [2.24, 2.45) is 0 Å². The van der Waals surface area contributed by atoms with Gasteiger partial charge in [0.25, 0.3) is 0 Å². The molecule has 0 aliphatic rings. The smallest absolute Gasteiger partial charge is 0.384 e. The van der Waals surface area contributed by atoms with Crippen LogP contribution in [0.15, 0.2) is 24.3 Å². The molecule has 0 aliphatic heterocycles. The van der Waals surface area contributed by atoms with Gasteiger partial charge in [-0.1, -0.05) is 13.0 Å². The Morgan fingerprint density at radius 1 is 1.14 bits per heavy atom. The third kappa shape index (κ3) is 3.48. The molecule has 0 unspecified atom stereocenters. The molecule has 0 spiro atoms. The average Bonchev–Trinajstić information content (AvgIpc) is 2.36. The van der Waals surface area contributed by atoms with Crippen LogP contribution in [0.5, 0.6) is 0 Å². The summed E-state index contributed by atoms with van der Waals surface area (Å²) in [5.41, 5.74) is 4.87. The van der Waals surface area contributed by atoms with Gasteiger partial charge >= 0.3 is 6.18 Å². The van der Waals surface area contributed by atoms with E-state index >= 15 is 0 Å². The predicted molar refractivity (Wildman–Crippen MR) is 70.8 cm³/mol. The van der Waals surface area contributed by atoms with Crippen molar-refractivity contribution in [2.45, 2.75) is 25.9 Å². The maximum absolute atomic E-state index is 13.6. The summed E-state index contributed by atoms with van der Waals surface area (Å²) in [7, 11) is 0. The average molecular weight is 299 g/mol. The first-order valence-electron chi connectivity index (χ1n) is 6.32. The van der Waals surface area contributed by atoms with Crippen LogP contribution < -0.4 is 5.73 Å². The van der Waals surface area contributed by atoms with Crippen molar-refractivity contribution in [2.75, 3.05) is 5.73 Å². The van der Waals surface area contributed by atoms with Crippen molar-refractivity contribution in [3.05, 3.63) is 41.5 Å². The summed E-state index contributed by atoms with van der Waals surface area (Å²) in [4.78, 5) is 8.21. The van der Waals surface area contributed by atoms with E-state index in [1.54, 1.807) is 0 Å². The number of aromatic nitrogens is 2. The lowest BCUT2D eigenvalue weighted by atomic mass is 10.1. The molecule has 1 aromatic heterocycles. The molecule has 0 saturated heterocycles. The number of nitrogen functional groups attached to an aromatic ring is 1. The molecule has 1 heterocycles. The maximum atomic E-state index is 13.6. The van der Waals surface area contributed by atoms with E-state index in [0.29, 0.717) is 24.0 Å². The molecular formula is C14H13F4N3. The number of benzene rings is 1. The van der Waals surface area contributed by atoms with E-state index in [-0.39, 0.29) is 11.4 Å². The van der Waals surface area contributed by atoms with Gasteiger partial charge in [0.15, 0.2) is 0 Å². The molecule has 0 saturated carbocycles. The summed E-state index contributed by atoms with van der Waals surface area (Å²) < 4.78 is 51.2. The van der Waals surface area contributed by atoms with Crippen molar-refractivity contribution in [1.82, 2.24) is 9.97 Å². The predicted octanol–water partition coefficient (Wildman–Crippen LogP) is 3.84. The number of hydrogen-bond acceptors (Lipinski definition) is 3. The Kier molecular flexibility index (Phi) is 4.11. The molecule has 21 heavy (non-hydrogen) atoms. The minimum atomic E-state index is -4.72. The Balaban J connectivity index is 2.45. The fourth-order valence-corrected chi connectivity index (χ4v) is 1.91.